The van der Waals surface area contributed by atoms with Crippen LogP contribution in [0.2, 0.25) is 0 Å². The number of rotatable bonds is 7. The number of nitrogens with one attached hydrogen (secondary N) is 2. The average Bonchev–Trinajstić information content (AvgIpc) is 3.15. The summed E-state index contributed by atoms with van der Waals surface area (Å²) in [5.41, 5.74) is 1.63. The Balaban J connectivity index is 1.84. The van der Waals surface area contributed by atoms with Crippen molar-refractivity contribution in [3.05, 3.63) is 16.1 Å². The third-order valence-corrected chi connectivity index (χ3v) is 5.49. The van der Waals surface area contributed by atoms with Gasteiger partial charge in [0.1, 0.15) is 0 Å². The summed E-state index contributed by atoms with van der Waals surface area (Å²) in [6.07, 6.45) is 7.61. The van der Waals surface area contributed by atoms with Crippen molar-refractivity contribution < 1.29 is 0 Å². The zero-order valence-electron chi connectivity index (χ0n) is 14.2. The van der Waals surface area contributed by atoms with Crippen LogP contribution < -0.4 is 10.6 Å². The Morgan fingerprint density at radius 1 is 1.32 bits per heavy atom. The maximum absolute atomic E-state index is 4.85. The van der Waals surface area contributed by atoms with Gasteiger partial charge in [-0.15, -0.1) is 11.3 Å². The number of nitrogens with zero attached hydrogens (tertiary/aromatic N) is 2. The van der Waals surface area contributed by atoms with E-state index in [0.717, 1.165) is 37.0 Å². The van der Waals surface area contributed by atoms with E-state index < -0.39 is 0 Å². The molecule has 5 heteroatoms. The third-order valence-electron chi connectivity index (χ3n) is 4.67. The smallest absolute Gasteiger partial charge is 0.191 e. The van der Waals surface area contributed by atoms with Crippen molar-refractivity contribution >= 4 is 17.3 Å². The molecule has 1 saturated carbocycles. The van der Waals surface area contributed by atoms with Crippen LogP contribution in [0.5, 0.6) is 0 Å². The summed E-state index contributed by atoms with van der Waals surface area (Å²) in [5, 5.41) is 10.1. The minimum atomic E-state index is 0.453. The molecule has 22 heavy (non-hydrogen) atoms. The molecule has 0 amide bonds. The number of aromatic nitrogens is 1. The summed E-state index contributed by atoms with van der Waals surface area (Å²) in [6.45, 7) is 9.22. The van der Waals surface area contributed by atoms with Gasteiger partial charge in [0.25, 0.3) is 0 Å². The highest BCUT2D eigenvalue weighted by atomic mass is 32.1. The van der Waals surface area contributed by atoms with E-state index in [2.05, 4.69) is 41.8 Å². The molecule has 0 aliphatic heterocycles. The highest BCUT2D eigenvalue weighted by Gasteiger charge is 2.31. The zero-order valence-corrected chi connectivity index (χ0v) is 15.1. The molecule has 1 heterocycles. The van der Waals surface area contributed by atoms with Gasteiger partial charge in [0, 0.05) is 31.4 Å². The largest absolute Gasteiger partial charge is 0.357 e. The summed E-state index contributed by atoms with van der Waals surface area (Å²) in [5.74, 6) is 0.953. The first kappa shape index (κ1) is 17.3. The van der Waals surface area contributed by atoms with Crippen LogP contribution in [-0.4, -0.2) is 30.6 Å². The van der Waals surface area contributed by atoms with Gasteiger partial charge in [0.15, 0.2) is 5.96 Å². The Morgan fingerprint density at radius 2 is 2.09 bits per heavy atom. The van der Waals surface area contributed by atoms with Crippen molar-refractivity contribution in [1.29, 1.82) is 0 Å². The maximum atomic E-state index is 4.85. The number of hydrogen-bond acceptors (Lipinski definition) is 3. The fourth-order valence-corrected chi connectivity index (χ4v) is 3.82. The summed E-state index contributed by atoms with van der Waals surface area (Å²) in [4.78, 5) is 9.36. The van der Waals surface area contributed by atoms with E-state index in [9.17, 15) is 0 Å². The summed E-state index contributed by atoms with van der Waals surface area (Å²) < 4.78 is 0. The number of thiazole rings is 1. The molecule has 0 saturated heterocycles. The van der Waals surface area contributed by atoms with Crippen molar-refractivity contribution in [1.82, 2.24) is 15.6 Å². The molecule has 0 aromatic carbocycles. The standard InChI is InChI=1S/C17H30N4S/c1-4-17(9-6-7-10-17)13-20-16(18-5-2)19-11-8-15-12-22-14(3)21-15/h12H,4-11,13H2,1-3H3,(H2,18,19,20). The Kier molecular flexibility index (Phi) is 6.68. The lowest BCUT2D eigenvalue weighted by molar-refractivity contribution is 0.297. The first-order chi connectivity index (χ1) is 10.7. The molecule has 4 nitrogen and oxygen atoms in total. The van der Waals surface area contributed by atoms with Gasteiger partial charge in [-0.05, 0) is 38.5 Å². The van der Waals surface area contributed by atoms with E-state index in [-0.39, 0.29) is 0 Å². The lowest BCUT2D eigenvalue weighted by atomic mass is 9.84. The monoisotopic (exact) mass is 322 g/mol. The second-order valence-electron chi connectivity index (χ2n) is 6.29. The molecule has 124 valence electrons. The van der Waals surface area contributed by atoms with Gasteiger partial charge in [-0.2, -0.15) is 0 Å². The normalized spacial score (nSPS) is 17.7. The van der Waals surface area contributed by atoms with Crippen molar-refractivity contribution in [3.8, 4) is 0 Å². The molecular weight excluding hydrogens is 292 g/mol. The molecule has 0 spiro atoms. The van der Waals surface area contributed by atoms with Crippen LogP contribution in [0.3, 0.4) is 0 Å². The fraction of sp³-hybridized carbons (Fsp3) is 0.765. The molecule has 2 N–H and O–H groups in total. The topological polar surface area (TPSA) is 49.3 Å². The van der Waals surface area contributed by atoms with Gasteiger partial charge in [-0.1, -0.05) is 19.8 Å². The number of aryl methyl sites for hydroxylation is 1. The van der Waals surface area contributed by atoms with E-state index >= 15 is 0 Å². The highest BCUT2D eigenvalue weighted by molar-refractivity contribution is 7.09. The molecule has 1 fully saturated rings. The summed E-state index contributed by atoms with van der Waals surface area (Å²) in [7, 11) is 0. The van der Waals surface area contributed by atoms with Crippen LogP contribution in [0.25, 0.3) is 0 Å². The molecule has 1 aromatic rings. The molecule has 0 unspecified atom stereocenters. The minimum absolute atomic E-state index is 0.453. The minimum Gasteiger partial charge on any atom is -0.357 e. The maximum Gasteiger partial charge on any atom is 0.191 e. The number of aliphatic imine (C=N–C) groups is 1. The van der Waals surface area contributed by atoms with Gasteiger partial charge in [0.2, 0.25) is 0 Å². The second-order valence-corrected chi connectivity index (χ2v) is 7.35. The summed E-state index contributed by atoms with van der Waals surface area (Å²) >= 11 is 1.72. The van der Waals surface area contributed by atoms with Gasteiger partial charge < -0.3 is 10.6 Å². The Hall–Kier alpha value is -1.10. The second kappa shape index (κ2) is 8.51. The van der Waals surface area contributed by atoms with Gasteiger partial charge >= 0.3 is 0 Å². The van der Waals surface area contributed by atoms with E-state index in [1.165, 1.54) is 37.8 Å². The van der Waals surface area contributed by atoms with E-state index in [1.54, 1.807) is 11.3 Å². The van der Waals surface area contributed by atoms with Crippen molar-refractivity contribution in [2.75, 3.05) is 19.6 Å². The van der Waals surface area contributed by atoms with Crippen molar-refractivity contribution in [2.24, 2.45) is 10.4 Å². The molecule has 0 radical (unpaired) electrons. The fourth-order valence-electron chi connectivity index (χ4n) is 3.17. The SMILES string of the molecule is CCNC(=NCC1(CC)CCCC1)NCCc1csc(C)n1. The Labute approximate surface area is 138 Å². The molecule has 1 aliphatic rings. The van der Waals surface area contributed by atoms with E-state index in [0.29, 0.717) is 5.41 Å². The van der Waals surface area contributed by atoms with Crippen molar-refractivity contribution in [3.63, 3.8) is 0 Å². The van der Waals surface area contributed by atoms with Crippen molar-refractivity contribution in [2.45, 2.75) is 59.3 Å². The predicted molar refractivity (Wildman–Crippen MR) is 95.7 cm³/mol. The Bertz CT molecular complexity index is 475. The van der Waals surface area contributed by atoms with Crippen LogP contribution in [0, 0.1) is 12.3 Å². The highest BCUT2D eigenvalue weighted by Crippen LogP contribution is 2.41. The first-order valence-electron chi connectivity index (χ1n) is 8.60. The van der Waals surface area contributed by atoms with Gasteiger partial charge in [-0.25, -0.2) is 4.98 Å². The van der Waals surface area contributed by atoms with Crippen LogP contribution in [0.1, 0.15) is 56.7 Å². The lowest BCUT2D eigenvalue weighted by Crippen LogP contribution is -2.39. The molecular formula is C17H30N4S. The summed E-state index contributed by atoms with van der Waals surface area (Å²) in [6, 6.07) is 0. The molecule has 0 atom stereocenters. The van der Waals surface area contributed by atoms with Crippen LogP contribution >= 0.6 is 11.3 Å². The first-order valence-corrected chi connectivity index (χ1v) is 9.48. The number of guanidine groups is 1. The van der Waals surface area contributed by atoms with Crippen LogP contribution in [0.4, 0.5) is 0 Å². The Morgan fingerprint density at radius 3 is 2.68 bits per heavy atom. The van der Waals surface area contributed by atoms with Gasteiger partial charge in [-0.3, -0.25) is 4.99 Å². The molecule has 1 aromatic heterocycles. The van der Waals surface area contributed by atoms with E-state index in [1.807, 2.05) is 0 Å². The van der Waals surface area contributed by atoms with Crippen LogP contribution in [-0.2, 0) is 6.42 Å². The molecule has 2 rings (SSSR count). The molecule has 1 aliphatic carbocycles. The van der Waals surface area contributed by atoms with Gasteiger partial charge in [0.05, 0.1) is 10.7 Å². The average molecular weight is 323 g/mol. The number of hydrogen-bond donors (Lipinski definition) is 2. The van der Waals surface area contributed by atoms with E-state index in [4.69, 9.17) is 4.99 Å². The van der Waals surface area contributed by atoms with Crippen LogP contribution in [0.15, 0.2) is 10.4 Å². The molecule has 0 bridgehead atoms. The lowest BCUT2D eigenvalue weighted by Gasteiger charge is -2.25. The third kappa shape index (κ3) is 4.97. The zero-order chi connectivity index (χ0) is 15.8. The predicted octanol–water partition coefficient (Wildman–Crippen LogP) is 3.52. The quantitative estimate of drug-likeness (QED) is 0.596.